The summed E-state index contributed by atoms with van der Waals surface area (Å²) in [6, 6.07) is 8.91. The molecule has 0 amide bonds. The van der Waals surface area contributed by atoms with E-state index in [1.807, 2.05) is 0 Å². The number of aryl methyl sites for hydroxylation is 1. The van der Waals surface area contributed by atoms with E-state index in [1.165, 1.54) is 11.1 Å². The first-order chi connectivity index (χ1) is 6.75. The summed E-state index contributed by atoms with van der Waals surface area (Å²) in [5.74, 6) is 0. The van der Waals surface area contributed by atoms with Crippen LogP contribution in [0.25, 0.3) is 0 Å². The summed E-state index contributed by atoms with van der Waals surface area (Å²) < 4.78 is 0. The summed E-state index contributed by atoms with van der Waals surface area (Å²) in [4.78, 5) is 0. The molecule has 0 bridgehead atoms. The Hall–Kier alpha value is -0.860. The van der Waals surface area contributed by atoms with Gasteiger partial charge in [-0.3, -0.25) is 0 Å². The van der Waals surface area contributed by atoms with E-state index >= 15 is 0 Å². The molecular formula is C12H20N2. The Bertz CT molecular complexity index is 271. The lowest BCUT2D eigenvalue weighted by Crippen LogP contribution is -2.22. The van der Waals surface area contributed by atoms with Crippen LogP contribution in [0.5, 0.6) is 0 Å². The summed E-state index contributed by atoms with van der Waals surface area (Å²) >= 11 is 0. The van der Waals surface area contributed by atoms with Crippen molar-refractivity contribution in [3.63, 3.8) is 0 Å². The fourth-order valence-electron chi connectivity index (χ4n) is 1.60. The fraction of sp³-hybridized carbons (Fsp3) is 0.500. The second kappa shape index (κ2) is 5.78. The van der Waals surface area contributed by atoms with E-state index in [4.69, 9.17) is 5.73 Å². The van der Waals surface area contributed by atoms with Crippen molar-refractivity contribution < 1.29 is 0 Å². The molecule has 14 heavy (non-hydrogen) atoms. The van der Waals surface area contributed by atoms with Crippen molar-refractivity contribution in [2.24, 2.45) is 5.73 Å². The van der Waals surface area contributed by atoms with Gasteiger partial charge in [0.1, 0.15) is 0 Å². The van der Waals surface area contributed by atoms with E-state index in [1.54, 1.807) is 0 Å². The highest BCUT2D eigenvalue weighted by molar-refractivity contribution is 5.28. The van der Waals surface area contributed by atoms with Crippen LogP contribution in [0.1, 0.15) is 30.5 Å². The first-order valence-electron chi connectivity index (χ1n) is 5.24. The van der Waals surface area contributed by atoms with Gasteiger partial charge in [-0.1, -0.05) is 24.3 Å². The molecule has 0 saturated carbocycles. The van der Waals surface area contributed by atoms with Gasteiger partial charge in [-0.25, -0.2) is 0 Å². The van der Waals surface area contributed by atoms with Gasteiger partial charge in [0.25, 0.3) is 0 Å². The molecule has 0 unspecified atom stereocenters. The van der Waals surface area contributed by atoms with Gasteiger partial charge in [0, 0.05) is 6.04 Å². The predicted octanol–water partition coefficient (Wildman–Crippen LogP) is 1.99. The van der Waals surface area contributed by atoms with Gasteiger partial charge in [-0.15, -0.1) is 0 Å². The van der Waals surface area contributed by atoms with Crippen molar-refractivity contribution in [1.82, 2.24) is 5.32 Å². The molecule has 78 valence electrons. The highest BCUT2D eigenvalue weighted by atomic mass is 14.9. The molecular weight excluding hydrogens is 172 g/mol. The third-order valence-corrected chi connectivity index (χ3v) is 2.49. The molecule has 0 aliphatic carbocycles. The topological polar surface area (TPSA) is 38.0 Å². The summed E-state index contributed by atoms with van der Waals surface area (Å²) in [6.07, 6.45) is 1.04. The van der Waals surface area contributed by atoms with E-state index in [2.05, 4.69) is 43.4 Å². The second-order valence-electron chi connectivity index (χ2n) is 3.67. The van der Waals surface area contributed by atoms with E-state index in [0.29, 0.717) is 6.04 Å². The van der Waals surface area contributed by atoms with Gasteiger partial charge in [0.05, 0.1) is 0 Å². The average Bonchev–Trinajstić information content (AvgIpc) is 2.18. The van der Waals surface area contributed by atoms with E-state index in [9.17, 15) is 0 Å². The molecule has 0 aromatic heterocycles. The minimum atomic E-state index is 0.419. The van der Waals surface area contributed by atoms with Gasteiger partial charge >= 0.3 is 0 Å². The van der Waals surface area contributed by atoms with Crippen molar-refractivity contribution in [2.75, 3.05) is 13.1 Å². The summed E-state index contributed by atoms with van der Waals surface area (Å²) in [7, 11) is 0. The van der Waals surface area contributed by atoms with E-state index in [-0.39, 0.29) is 0 Å². The third kappa shape index (κ3) is 3.13. The third-order valence-electron chi connectivity index (χ3n) is 2.49. The molecule has 3 N–H and O–H groups in total. The second-order valence-corrected chi connectivity index (χ2v) is 3.67. The largest absolute Gasteiger partial charge is 0.330 e. The molecule has 0 fully saturated rings. The van der Waals surface area contributed by atoms with Crippen molar-refractivity contribution >= 4 is 0 Å². The highest BCUT2D eigenvalue weighted by Crippen LogP contribution is 2.16. The lowest BCUT2D eigenvalue weighted by Gasteiger charge is -2.16. The number of rotatable bonds is 5. The Morgan fingerprint density at radius 3 is 2.71 bits per heavy atom. The summed E-state index contributed by atoms with van der Waals surface area (Å²) in [5, 5.41) is 3.46. The number of nitrogens with two attached hydrogens (primary N) is 1. The summed E-state index contributed by atoms with van der Waals surface area (Å²) in [6.45, 7) is 6.09. The van der Waals surface area contributed by atoms with Crippen LogP contribution in [0.3, 0.4) is 0 Å². The monoisotopic (exact) mass is 192 g/mol. The van der Waals surface area contributed by atoms with Crippen LogP contribution in [-0.2, 0) is 0 Å². The number of nitrogens with one attached hydrogen (secondary N) is 1. The van der Waals surface area contributed by atoms with Gasteiger partial charge in [-0.05, 0) is 44.5 Å². The highest BCUT2D eigenvalue weighted by Gasteiger charge is 2.05. The minimum Gasteiger partial charge on any atom is -0.330 e. The van der Waals surface area contributed by atoms with Crippen molar-refractivity contribution in [2.45, 2.75) is 26.3 Å². The quantitative estimate of drug-likeness (QED) is 0.700. The molecule has 0 aliphatic rings. The zero-order valence-electron chi connectivity index (χ0n) is 9.09. The van der Waals surface area contributed by atoms with Crippen molar-refractivity contribution in [3.8, 4) is 0 Å². The number of hydrogen-bond acceptors (Lipinski definition) is 2. The van der Waals surface area contributed by atoms with Crippen molar-refractivity contribution in [1.29, 1.82) is 0 Å². The molecule has 2 heteroatoms. The molecule has 0 aliphatic heterocycles. The Morgan fingerprint density at radius 2 is 2.07 bits per heavy atom. The Balaban J connectivity index is 2.51. The maximum atomic E-state index is 5.44. The molecule has 1 atom stereocenters. The molecule has 1 rings (SSSR count). The lowest BCUT2D eigenvalue weighted by atomic mass is 10.0. The molecule has 0 saturated heterocycles. The standard InChI is InChI=1S/C12H20N2/c1-10-6-3-4-7-12(10)11(2)14-9-5-8-13/h3-4,6-7,11,14H,5,8-9,13H2,1-2H3/t11-/m0/s1. The van der Waals surface area contributed by atoms with Crippen molar-refractivity contribution in [3.05, 3.63) is 35.4 Å². The van der Waals surface area contributed by atoms with Gasteiger partial charge < -0.3 is 11.1 Å². The van der Waals surface area contributed by atoms with E-state index < -0.39 is 0 Å². The zero-order chi connectivity index (χ0) is 10.4. The molecule has 1 aromatic carbocycles. The molecule has 0 spiro atoms. The van der Waals surface area contributed by atoms with Crippen LogP contribution in [0, 0.1) is 6.92 Å². The predicted molar refractivity (Wildman–Crippen MR) is 61.3 cm³/mol. The Morgan fingerprint density at radius 1 is 1.36 bits per heavy atom. The maximum absolute atomic E-state index is 5.44. The first kappa shape index (κ1) is 11.2. The fourth-order valence-corrected chi connectivity index (χ4v) is 1.60. The SMILES string of the molecule is Cc1ccccc1[C@H](C)NCCCN. The smallest absolute Gasteiger partial charge is 0.0294 e. The van der Waals surface area contributed by atoms with Crippen LogP contribution in [0.15, 0.2) is 24.3 Å². The Kier molecular flexibility index (Phi) is 4.63. The van der Waals surface area contributed by atoms with Crippen LogP contribution in [-0.4, -0.2) is 13.1 Å². The average molecular weight is 192 g/mol. The van der Waals surface area contributed by atoms with Gasteiger partial charge in [0.2, 0.25) is 0 Å². The molecule has 2 nitrogen and oxygen atoms in total. The molecule has 0 heterocycles. The Labute approximate surface area is 86.5 Å². The van der Waals surface area contributed by atoms with Gasteiger partial charge in [-0.2, -0.15) is 0 Å². The molecule has 0 radical (unpaired) electrons. The van der Waals surface area contributed by atoms with E-state index in [0.717, 1.165) is 19.5 Å². The summed E-state index contributed by atoms with van der Waals surface area (Å²) in [5.41, 5.74) is 8.17. The van der Waals surface area contributed by atoms with Crippen LogP contribution < -0.4 is 11.1 Å². The number of benzene rings is 1. The maximum Gasteiger partial charge on any atom is 0.0294 e. The van der Waals surface area contributed by atoms with Crippen LogP contribution in [0.2, 0.25) is 0 Å². The van der Waals surface area contributed by atoms with Gasteiger partial charge in [0.15, 0.2) is 0 Å². The molecule has 1 aromatic rings. The first-order valence-corrected chi connectivity index (χ1v) is 5.24. The minimum absolute atomic E-state index is 0.419. The zero-order valence-corrected chi connectivity index (χ0v) is 9.09. The number of hydrogen-bond donors (Lipinski definition) is 2. The normalized spacial score (nSPS) is 12.8. The van der Waals surface area contributed by atoms with Crippen LogP contribution >= 0.6 is 0 Å². The lowest BCUT2D eigenvalue weighted by molar-refractivity contribution is 0.560. The van der Waals surface area contributed by atoms with Crippen LogP contribution in [0.4, 0.5) is 0 Å².